The smallest absolute Gasteiger partial charge is 0.298 e. The summed E-state index contributed by atoms with van der Waals surface area (Å²) in [5, 5.41) is 6.35. The van der Waals surface area contributed by atoms with Gasteiger partial charge in [-0.25, -0.2) is 15.8 Å². The number of carbonyl (C=O) groups excluding carboxylic acids is 2. The minimum absolute atomic E-state index is 0.0361. The molecule has 4 aliphatic rings. The molecule has 3 aliphatic heterocycles. The highest BCUT2D eigenvalue weighted by atomic mass is 16.2. The van der Waals surface area contributed by atoms with Crippen LogP contribution in [-0.4, -0.2) is 57.2 Å². The minimum Gasteiger partial charge on any atom is -0.330 e. The molecule has 0 radical (unpaired) electrons. The highest BCUT2D eigenvalue weighted by Gasteiger charge is 2.39. The van der Waals surface area contributed by atoms with Crippen LogP contribution < -0.4 is 16.6 Å². The normalized spacial score (nSPS) is 20.0. The second-order valence-electron chi connectivity index (χ2n) is 9.88. The molecule has 2 amide bonds. The van der Waals surface area contributed by atoms with E-state index >= 15 is 0 Å². The van der Waals surface area contributed by atoms with E-state index in [9.17, 15) is 9.59 Å². The Hall–Kier alpha value is -4.62. The summed E-state index contributed by atoms with van der Waals surface area (Å²) in [6, 6.07) is 11.0. The first-order valence-corrected chi connectivity index (χ1v) is 12.7. The molecule has 1 aromatic heterocycles. The molecule has 1 aliphatic carbocycles. The van der Waals surface area contributed by atoms with Crippen molar-refractivity contribution in [3.63, 3.8) is 0 Å². The van der Waals surface area contributed by atoms with Gasteiger partial charge in [0, 0.05) is 36.3 Å². The van der Waals surface area contributed by atoms with Crippen LogP contribution in [0.25, 0.3) is 5.70 Å². The molecule has 1 saturated heterocycles. The molecule has 4 heterocycles. The van der Waals surface area contributed by atoms with Crippen LogP contribution in [0.3, 0.4) is 0 Å². The molecular formula is C28H28N8O2. The number of fused-ring (bicyclic) bond motifs is 1. The molecule has 192 valence electrons. The number of benzene rings is 1. The van der Waals surface area contributed by atoms with Gasteiger partial charge in [0.1, 0.15) is 23.6 Å². The predicted molar refractivity (Wildman–Crippen MR) is 143 cm³/mol. The number of aromatic nitrogens is 1. The topological polar surface area (TPSA) is 119 Å². The molecule has 0 spiro atoms. The van der Waals surface area contributed by atoms with Crippen molar-refractivity contribution in [2.45, 2.75) is 32.2 Å². The number of aryl methyl sites for hydroxylation is 1. The third kappa shape index (κ3) is 4.71. The Labute approximate surface area is 220 Å². The molecule has 1 saturated carbocycles. The van der Waals surface area contributed by atoms with Crippen molar-refractivity contribution in [2.75, 3.05) is 18.4 Å². The summed E-state index contributed by atoms with van der Waals surface area (Å²) in [6.07, 6.45) is 7.97. The van der Waals surface area contributed by atoms with E-state index in [1.807, 2.05) is 41.1 Å². The summed E-state index contributed by atoms with van der Waals surface area (Å²) in [5.74, 6) is 12.7. The van der Waals surface area contributed by atoms with Crippen molar-refractivity contribution in [3.05, 3.63) is 76.9 Å². The van der Waals surface area contributed by atoms with Gasteiger partial charge in [0.2, 0.25) is 0 Å². The number of nitrogens with two attached hydrogens (primary N) is 1. The molecule has 1 aromatic carbocycles. The number of likely N-dealkylation sites (tertiary alicyclic amines) is 1. The van der Waals surface area contributed by atoms with Gasteiger partial charge in [-0.15, -0.1) is 0 Å². The standard InChI is InChI=1S/C28H28N8O2/c1-18-10-12-31-24(14-18)32-28(38)21-7-5-20(6-8-21)26-27-23(15-30-17-35(27)29)36(33-26)22-11-13-34(16-22)25(37)9-4-19-2-3-19/h5-8,10,12,14-15,17,19,22,33H,2-3,11,13,16,29H2,1H3,(H,31,32,38)/t22-/m1/s1. The lowest BCUT2D eigenvalue weighted by Crippen LogP contribution is -2.43. The number of aliphatic imine (C=N–C) groups is 1. The number of hydrogen-bond acceptors (Lipinski definition) is 8. The van der Waals surface area contributed by atoms with E-state index in [1.54, 1.807) is 30.9 Å². The van der Waals surface area contributed by atoms with Crippen LogP contribution in [0.2, 0.25) is 0 Å². The fourth-order valence-electron chi connectivity index (χ4n) is 4.77. The number of hydrogen-bond donors (Lipinski definition) is 3. The number of pyridine rings is 1. The van der Waals surface area contributed by atoms with E-state index in [0.29, 0.717) is 30.4 Å². The number of rotatable bonds is 4. The van der Waals surface area contributed by atoms with Gasteiger partial charge in [0.15, 0.2) is 0 Å². The lowest BCUT2D eigenvalue weighted by molar-refractivity contribution is -0.124. The Balaban J connectivity index is 1.19. The number of nitrogens with zero attached hydrogens (tertiary/aromatic N) is 5. The highest BCUT2D eigenvalue weighted by molar-refractivity contribution is 6.04. The van der Waals surface area contributed by atoms with Crippen LogP contribution >= 0.6 is 0 Å². The van der Waals surface area contributed by atoms with E-state index in [4.69, 9.17) is 5.84 Å². The lowest BCUT2D eigenvalue weighted by Gasteiger charge is -2.29. The lowest BCUT2D eigenvalue weighted by atomic mass is 10.1. The van der Waals surface area contributed by atoms with E-state index in [1.165, 1.54) is 5.01 Å². The van der Waals surface area contributed by atoms with E-state index in [-0.39, 0.29) is 17.9 Å². The van der Waals surface area contributed by atoms with Gasteiger partial charge in [-0.2, -0.15) is 0 Å². The minimum atomic E-state index is -0.236. The first-order chi connectivity index (χ1) is 18.5. The average molecular weight is 509 g/mol. The molecule has 1 atom stereocenters. The molecule has 38 heavy (non-hydrogen) atoms. The van der Waals surface area contributed by atoms with Crippen LogP contribution in [-0.2, 0) is 4.79 Å². The summed E-state index contributed by atoms with van der Waals surface area (Å²) >= 11 is 0. The molecule has 4 N–H and O–H groups in total. The zero-order valence-electron chi connectivity index (χ0n) is 21.0. The van der Waals surface area contributed by atoms with Crippen molar-refractivity contribution in [3.8, 4) is 11.8 Å². The Morgan fingerprint density at radius 3 is 2.74 bits per heavy atom. The molecule has 10 nitrogen and oxygen atoms in total. The maximum absolute atomic E-state index is 12.8. The van der Waals surface area contributed by atoms with Gasteiger partial charge in [0.05, 0.1) is 17.9 Å². The predicted octanol–water partition coefficient (Wildman–Crippen LogP) is 2.20. The van der Waals surface area contributed by atoms with Crippen molar-refractivity contribution in [1.29, 1.82) is 0 Å². The van der Waals surface area contributed by atoms with Gasteiger partial charge < -0.3 is 10.2 Å². The number of anilines is 1. The summed E-state index contributed by atoms with van der Waals surface area (Å²) in [6.45, 7) is 3.15. The molecule has 10 heteroatoms. The molecule has 2 aromatic rings. The third-order valence-electron chi connectivity index (χ3n) is 6.99. The first kappa shape index (κ1) is 23.8. The molecule has 0 bridgehead atoms. The molecule has 0 unspecified atom stereocenters. The van der Waals surface area contributed by atoms with Gasteiger partial charge in [-0.05, 0) is 61.9 Å². The van der Waals surface area contributed by atoms with Crippen molar-refractivity contribution in [2.24, 2.45) is 16.8 Å². The highest BCUT2D eigenvalue weighted by Crippen LogP contribution is 2.36. The summed E-state index contributed by atoms with van der Waals surface area (Å²) in [7, 11) is 0. The van der Waals surface area contributed by atoms with E-state index < -0.39 is 0 Å². The quantitative estimate of drug-likeness (QED) is 0.428. The second-order valence-corrected chi connectivity index (χ2v) is 9.88. The Kier molecular flexibility index (Phi) is 6.05. The van der Waals surface area contributed by atoms with Gasteiger partial charge >= 0.3 is 0 Å². The van der Waals surface area contributed by atoms with E-state index in [0.717, 1.165) is 47.5 Å². The SMILES string of the molecule is Cc1ccnc(NC(=O)c2ccc(C3=C4C(=CN=CN4N)N([C@@H]4CCN(C(=O)C#CC5CC5)C4)N3)cc2)c1. The number of carbonyl (C=O) groups is 2. The maximum Gasteiger partial charge on any atom is 0.298 e. The molecule has 6 rings (SSSR count). The number of amides is 2. The van der Waals surface area contributed by atoms with Crippen LogP contribution in [0.4, 0.5) is 5.82 Å². The summed E-state index contributed by atoms with van der Waals surface area (Å²) < 4.78 is 0. The third-order valence-corrected chi connectivity index (χ3v) is 6.99. The van der Waals surface area contributed by atoms with Gasteiger partial charge in [-0.1, -0.05) is 18.1 Å². The number of hydrazine groups is 2. The zero-order valence-corrected chi connectivity index (χ0v) is 21.0. The Bertz CT molecular complexity index is 1450. The first-order valence-electron chi connectivity index (χ1n) is 12.7. The van der Waals surface area contributed by atoms with Crippen molar-refractivity contribution >= 4 is 29.7 Å². The van der Waals surface area contributed by atoms with Gasteiger partial charge in [-0.3, -0.25) is 25.0 Å². The fraction of sp³-hybridized carbons (Fsp3) is 0.286. The second kappa shape index (κ2) is 9.68. The Morgan fingerprint density at radius 2 is 1.97 bits per heavy atom. The largest absolute Gasteiger partial charge is 0.330 e. The maximum atomic E-state index is 12.8. The molecular weight excluding hydrogens is 480 g/mol. The summed E-state index contributed by atoms with van der Waals surface area (Å²) in [5.41, 5.74) is 8.30. The number of nitrogens with one attached hydrogen (secondary N) is 2. The fourth-order valence-corrected chi connectivity index (χ4v) is 4.77. The van der Waals surface area contributed by atoms with Crippen LogP contribution in [0, 0.1) is 24.7 Å². The monoisotopic (exact) mass is 508 g/mol. The van der Waals surface area contributed by atoms with E-state index in [2.05, 4.69) is 32.6 Å². The molecule has 2 fully saturated rings. The van der Waals surface area contributed by atoms with Crippen molar-refractivity contribution < 1.29 is 9.59 Å². The zero-order chi connectivity index (χ0) is 26.2. The Morgan fingerprint density at radius 1 is 1.16 bits per heavy atom. The summed E-state index contributed by atoms with van der Waals surface area (Å²) in [4.78, 5) is 35.6. The van der Waals surface area contributed by atoms with Crippen LogP contribution in [0.15, 0.2) is 65.2 Å². The van der Waals surface area contributed by atoms with Crippen LogP contribution in [0.1, 0.15) is 40.7 Å². The van der Waals surface area contributed by atoms with Crippen LogP contribution in [0.5, 0.6) is 0 Å². The van der Waals surface area contributed by atoms with Gasteiger partial charge in [0.25, 0.3) is 11.8 Å². The van der Waals surface area contributed by atoms with Crippen molar-refractivity contribution in [1.82, 2.24) is 25.3 Å². The average Bonchev–Trinajstić information content (AvgIpc) is 3.46.